The molecule has 1 unspecified atom stereocenters. The molecule has 1 heterocycles. The Morgan fingerprint density at radius 3 is 2.59 bits per heavy atom. The van der Waals surface area contributed by atoms with Gasteiger partial charge in [-0.2, -0.15) is 5.10 Å². The van der Waals surface area contributed by atoms with Gasteiger partial charge in [-0.1, -0.05) is 24.6 Å². The molecule has 1 saturated carbocycles. The normalized spacial score (nSPS) is 17.7. The summed E-state index contributed by atoms with van der Waals surface area (Å²) in [6.45, 7) is 0. The lowest BCUT2D eigenvalue weighted by Gasteiger charge is -2.30. The van der Waals surface area contributed by atoms with Crippen LogP contribution in [0.1, 0.15) is 31.1 Å². The third-order valence-corrected chi connectivity index (χ3v) is 3.57. The lowest BCUT2D eigenvalue weighted by molar-refractivity contribution is 0.0567. The lowest BCUT2D eigenvalue weighted by Crippen LogP contribution is -2.22. The van der Waals surface area contributed by atoms with Crippen molar-refractivity contribution in [2.24, 2.45) is 5.92 Å². The summed E-state index contributed by atoms with van der Waals surface area (Å²) in [5.74, 6) is 0.411. The third kappa shape index (κ3) is 1.87. The van der Waals surface area contributed by atoms with Crippen molar-refractivity contribution in [3.63, 3.8) is 0 Å². The number of hydrogen-bond donors (Lipinski definition) is 1. The maximum absolute atomic E-state index is 10.3. The Labute approximate surface area is 101 Å². The van der Waals surface area contributed by atoms with Crippen molar-refractivity contribution in [1.29, 1.82) is 0 Å². The standard InChI is InChI=1S/C14H16N2O/c17-14(11-5-4-6-11)13-9-10-15-16(13)12-7-2-1-3-8-12/h1-3,7-11,14,17H,4-6H2. The van der Waals surface area contributed by atoms with Crippen LogP contribution in [0, 0.1) is 5.92 Å². The Morgan fingerprint density at radius 2 is 1.94 bits per heavy atom. The van der Waals surface area contributed by atoms with E-state index in [1.165, 1.54) is 6.42 Å². The zero-order chi connectivity index (χ0) is 11.7. The van der Waals surface area contributed by atoms with E-state index in [1.807, 2.05) is 41.1 Å². The summed E-state index contributed by atoms with van der Waals surface area (Å²) in [5.41, 5.74) is 1.91. The molecule has 3 heteroatoms. The van der Waals surface area contributed by atoms with Crippen LogP contribution in [0.25, 0.3) is 5.69 Å². The van der Waals surface area contributed by atoms with Gasteiger partial charge in [0, 0.05) is 6.20 Å². The Hall–Kier alpha value is -1.61. The van der Waals surface area contributed by atoms with E-state index in [9.17, 15) is 5.11 Å². The summed E-state index contributed by atoms with van der Waals surface area (Å²) in [7, 11) is 0. The van der Waals surface area contributed by atoms with Crippen molar-refractivity contribution in [2.75, 3.05) is 0 Å². The molecule has 1 N–H and O–H groups in total. The molecule has 1 aromatic carbocycles. The van der Waals surface area contributed by atoms with Crippen molar-refractivity contribution in [2.45, 2.75) is 25.4 Å². The summed E-state index contributed by atoms with van der Waals surface area (Å²) >= 11 is 0. The summed E-state index contributed by atoms with van der Waals surface area (Å²) < 4.78 is 1.84. The fraction of sp³-hybridized carbons (Fsp3) is 0.357. The topological polar surface area (TPSA) is 38.1 Å². The van der Waals surface area contributed by atoms with Crippen LogP contribution in [-0.4, -0.2) is 14.9 Å². The Morgan fingerprint density at radius 1 is 1.18 bits per heavy atom. The van der Waals surface area contributed by atoms with E-state index in [1.54, 1.807) is 6.20 Å². The van der Waals surface area contributed by atoms with Crippen LogP contribution in [0.15, 0.2) is 42.6 Å². The number of hydrogen-bond acceptors (Lipinski definition) is 2. The highest BCUT2D eigenvalue weighted by Gasteiger charge is 2.29. The Kier molecular flexibility index (Phi) is 2.69. The van der Waals surface area contributed by atoms with E-state index in [0.29, 0.717) is 5.92 Å². The number of aromatic nitrogens is 2. The predicted octanol–water partition coefficient (Wildman–Crippen LogP) is 2.71. The molecule has 0 spiro atoms. The van der Waals surface area contributed by atoms with Crippen LogP contribution in [0.3, 0.4) is 0 Å². The molecular formula is C14H16N2O. The highest BCUT2D eigenvalue weighted by Crippen LogP contribution is 2.37. The maximum atomic E-state index is 10.3. The maximum Gasteiger partial charge on any atom is 0.0989 e. The molecule has 1 fully saturated rings. The van der Waals surface area contributed by atoms with Crippen molar-refractivity contribution in [3.05, 3.63) is 48.3 Å². The minimum atomic E-state index is -0.383. The smallest absolute Gasteiger partial charge is 0.0989 e. The first-order chi connectivity index (χ1) is 8.36. The van der Waals surface area contributed by atoms with Crippen LogP contribution in [0.4, 0.5) is 0 Å². The average Bonchev–Trinajstić information content (AvgIpc) is 2.76. The Bertz CT molecular complexity index is 488. The summed E-state index contributed by atoms with van der Waals surface area (Å²) in [6, 6.07) is 11.9. The highest BCUT2D eigenvalue weighted by atomic mass is 16.3. The van der Waals surface area contributed by atoms with E-state index in [2.05, 4.69) is 5.10 Å². The molecule has 1 aliphatic carbocycles. The molecule has 0 bridgehead atoms. The minimum Gasteiger partial charge on any atom is -0.387 e. The number of aliphatic hydroxyl groups is 1. The minimum absolute atomic E-state index is 0.383. The first-order valence-corrected chi connectivity index (χ1v) is 6.13. The van der Waals surface area contributed by atoms with Gasteiger partial charge in [0.25, 0.3) is 0 Å². The van der Waals surface area contributed by atoms with Gasteiger partial charge in [0.1, 0.15) is 0 Å². The number of nitrogens with zero attached hydrogens (tertiary/aromatic N) is 2. The van der Waals surface area contributed by atoms with Gasteiger partial charge in [-0.25, -0.2) is 4.68 Å². The molecule has 3 rings (SSSR count). The van der Waals surface area contributed by atoms with Gasteiger partial charge >= 0.3 is 0 Å². The second-order valence-corrected chi connectivity index (χ2v) is 4.64. The lowest BCUT2D eigenvalue weighted by atomic mass is 9.80. The molecule has 88 valence electrons. The van der Waals surface area contributed by atoms with E-state index in [0.717, 1.165) is 24.2 Å². The number of benzene rings is 1. The van der Waals surface area contributed by atoms with Gasteiger partial charge in [-0.3, -0.25) is 0 Å². The van der Waals surface area contributed by atoms with Gasteiger partial charge in [0.2, 0.25) is 0 Å². The molecule has 0 radical (unpaired) electrons. The highest BCUT2D eigenvalue weighted by molar-refractivity contribution is 5.33. The van der Waals surface area contributed by atoms with E-state index in [4.69, 9.17) is 0 Å². The van der Waals surface area contributed by atoms with Crippen LogP contribution in [-0.2, 0) is 0 Å². The van der Waals surface area contributed by atoms with Crippen molar-refractivity contribution in [1.82, 2.24) is 9.78 Å². The molecule has 17 heavy (non-hydrogen) atoms. The second-order valence-electron chi connectivity index (χ2n) is 4.64. The molecule has 0 amide bonds. The van der Waals surface area contributed by atoms with Gasteiger partial charge in [0.15, 0.2) is 0 Å². The van der Waals surface area contributed by atoms with Crippen molar-refractivity contribution < 1.29 is 5.11 Å². The number of rotatable bonds is 3. The first-order valence-electron chi connectivity index (χ1n) is 6.13. The predicted molar refractivity (Wildman–Crippen MR) is 65.9 cm³/mol. The molecular weight excluding hydrogens is 212 g/mol. The molecule has 1 aliphatic rings. The molecule has 2 aromatic rings. The van der Waals surface area contributed by atoms with E-state index in [-0.39, 0.29) is 6.10 Å². The molecule has 1 aromatic heterocycles. The van der Waals surface area contributed by atoms with Crippen LogP contribution in [0.5, 0.6) is 0 Å². The number of aliphatic hydroxyl groups excluding tert-OH is 1. The van der Waals surface area contributed by atoms with Crippen molar-refractivity contribution >= 4 is 0 Å². The zero-order valence-electron chi connectivity index (χ0n) is 9.66. The van der Waals surface area contributed by atoms with Gasteiger partial charge in [-0.15, -0.1) is 0 Å². The quantitative estimate of drug-likeness (QED) is 0.877. The van der Waals surface area contributed by atoms with E-state index < -0.39 is 0 Å². The third-order valence-electron chi connectivity index (χ3n) is 3.57. The summed E-state index contributed by atoms with van der Waals surface area (Å²) in [4.78, 5) is 0. The summed E-state index contributed by atoms with van der Waals surface area (Å²) in [5, 5.41) is 14.6. The molecule has 3 nitrogen and oxygen atoms in total. The van der Waals surface area contributed by atoms with E-state index >= 15 is 0 Å². The van der Waals surface area contributed by atoms with Gasteiger partial charge < -0.3 is 5.11 Å². The van der Waals surface area contributed by atoms with Crippen molar-refractivity contribution in [3.8, 4) is 5.69 Å². The zero-order valence-corrected chi connectivity index (χ0v) is 9.66. The average molecular weight is 228 g/mol. The fourth-order valence-electron chi connectivity index (χ4n) is 2.32. The molecule has 0 aliphatic heterocycles. The molecule has 1 atom stereocenters. The fourth-order valence-corrected chi connectivity index (χ4v) is 2.32. The SMILES string of the molecule is OC(c1ccnn1-c1ccccc1)C1CCC1. The van der Waals surface area contributed by atoms with Gasteiger partial charge in [0.05, 0.1) is 17.5 Å². The first kappa shape index (κ1) is 10.5. The number of para-hydroxylation sites is 1. The molecule has 0 saturated heterocycles. The van der Waals surface area contributed by atoms with Crippen LogP contribution >= 0.6 is 0 Å². The summed E-state index contributed by atoms with van der Waals surface area (Å²) in [6.07, 6.45) is 4.86. The second kappa shape index (κ2) is 4.34. The Balaban J connectivity index is 1.93. The van der Waals surface area contributed by atoms with Gasteiger partial charge in [-0.05, 0) is 37.0 Å². The largest absolute Gasteiger partial charge is 0.387 e. The monoisotopic (exact) mass is 228 g/mol. The van der Waals surface area contributed by atoms with Crippen LogP contribution < -0.4 is 0 Å². The van der Waals surface area contributed by atoms with Crippen LogP contribution in [0.2, 0.25) is 0 Å².